The normalized spacial score (nSPS) is 10.6. The number of nitrogens with one attached hydrogen (secondary N) is 2. The van der Waals surface area contributed by atoms with Gasteiger partial charge in [-0.1, -0.05) is 60.7 Å². The number of benzene rings is 3. The predicted octanol–water partition coefficient (Wildman–Crippen LogP) is 4.44. The number of anilines is 1. The second-order valence-electron chi connectivity index (χ2n) is 6.97. The zero-order valence-corrected chi connectivity index (χ0v) is 17.4. The van der Waals surface area contributed by atoms with Crippen molar-refractivity contribution in [3.63, 3.8) is 0 Å². The Morgan fingerprint density at radius 1 is 0.871 bits per heavy atom. The van der Waals surface area contributed by atoms with E-state index in [0.717, 1.165) is 22.4 Å². The molecule has 31 heavy (non-hydrogen) atoms. The van der Waals surface area contributed by atoms with Crippen molar-refractivity contribution in [3.05, 3.63) is 95.6 Å². The Morgan fingerprint density at radius 2 is 1.55 bits per heavy atom. The number of ether oxygens (including phenoxy) is 1. The maximum absolute atomic E-state index is 12.1. The van der Waals surface area contributed by atoms with E-state index >= 15 is 0 Å². The van der Waals surface area contributed by atoms with Crippen LogP contribution in [0.1, 0.15) is 29.5 Å². The van der Waals surface area contributed by atoms with Gasteiger partial charge >= 0.3 is 0 Å². The molecule has 3 aromatic carbocycles. The highest BCUT2D eigenvalue weighted by atomic mass is 16.5. The number of nitrogens with zero attached hydrogens (tertiary/aromatic N) is 1. The highest BCUT2D eigenvalue weighted by Crippen LogP contribution is 2.17. The number of hydrazone groups is 1. The minimum absolute atomic E-state index is 0.0429. The average molecular weight is 415 g/mol. The first-order valence-corrected chi connectivity index (χ1v) is 10.0. The van der Waals surface area contributed by atoms with Crippen molar-refractivity contribution in [3.8, 4) is 5.75 Å². The van der Waals surface area contributed by atoms with E-state index in [1.165, 1.54) is 6.21 Å². The molecule has 2 amide bonds. The molecule has 0 aliphatic heterocycles. The second kappa shape index (κ2) is 11.3. The number of rotatable bonds is 9. The summed E-state index contributed by atoms with van der Waals surface area (Å²) >= 11 is 0. The van der Waals surface area contributed by atoms with Gasteiger partial charge in [-0.2, -0.15) is 5.10 Å². The van der Waals surface area contributed by atoms with Gasteiger partial charge in [0.15, 0.2) is 0 Å². The Kier molecular flexibility index (Phi) is 7.94. The molecule has 3 rings (SSSR count). The first-order valence-electron chi connectivity index (χ1n) is 10.0. The quantitative estimate of drug-likeness (QED) is 0.400. The highest BCUT2D eigenvalue weighted by Gasteiger charge is 2.08. The molecular formula is C25H25N3O3. The van der Waals surface area contributed by atoms with Crippen LogP contribution in [0.4, 0.5) is 5.69 Å². The Balaban J connectivity index is 1.46. The molecule has 0 radical (unpaired) electrons. The number of amides is 2. The van der Waals surface area contributed by atoms with Crippen LogP contribution in [0.25, 0.3) is 0 Å². The first-order chi connectivity index (χ1) is 15.1. The standard InChI is InChI=1S/C25H25N3O3/c1-19-9-5-7-13-22(19)27-24(29)15-16-25(30)28-26-17-21-12-6-8-14-23(21)31-18-20-10-3-2-4-11-20/h2-14,17H,15-16,18H2,1H3,(H,27,29)(H,28,30)/b26-17+. The summed E-state index contributed by atoms with van der Waals surface area (Å²) in [6, 6.07) is 24.8. The van der Waals surface area contributed by atoms with Crippen LogP contribution in [0.2, 0.25) is 0 Å². The lowest BCUT2D eigenvalue weighted by atomic mass is 10.2. The predicted molar refractivity (Wildman–Crippen MR) is 122 cm³/mol. The van der Waals surface area contributed by atoms with Crippen molar-refractivity contribution in [1.82, 2.24) is 5.43 Å². The lowest BCUT2D eigenvalue weighted by Gasteiger charge is -2.09. The van der Waals surface area contributed by atoms with Crippen LogP contribution in [0.3, 0.4) is 0 Å². The summed E-state index contributed by atoms with van der Waals surface area (Å²) in [5.41, 5.74) is 5.98. The molecule has 0 unspecified atom stereocenters. The molecule has 6 heteroatoms. The van der Waals surface area contributed by atoms with Crippen LogP contribution >= 0.6 is 0 Å². The SMILES string of the molecule is Cc1ccccc1NC(=O)CCC(=O)N/N=C/c1ccccc1OCc1ccccc1. The third-order valence-electron chi connectivity index (χ3n) is 4.55. The number of carbonyl (C=O) groups is 2. The van der Waals surface area contributed by atoms with Crippen LogP contribution in [0.5, 0.6) is 5.75 Å². The third kappa shape index (κ3) is 7.12. The summed E-state index contributed by atoms with van der Waals surface area (Å²) in [5.74, 6) is 0.119. The highest BCUT2D eigenvalue weighted by molar-refractivity contribution is 5.94. The molecule has 2 N–H and O–H groups in total. The number of hydrogen-bond acceptors (Lipinski definition) is 4. The monoisotopic (exact) mass is 415 g/mol. The van der Waals surface area contributed by atoms with E-state index in [4.69, 9.17) is 4.74 Å². The molecule has 0 bridgehead atoms. The number of hydrogen-bond donors (Lipinski definition) is 2. The van der Waals surface area contributed by atoms with Crippen molar-refractivity contribution in [1.29, 1.82) is 0 Å². The van der Waals surface area contributed by atoms with E-state index < -0.39 is 0 Å². The fourth-order valence-electron chi connectivity index (χ4n) is 2.84. The zero-order chi connectivity index (χ0) is 21.9. The van der Waals surface area contributed by atoms with Crippen molar-refractivity contribution in [2.75, 3.05) is 5.32 Å². The fraction of sp³-hybridized carbons (Fsp3) is 0.160. The maximum atomic E-state index is 12.1. The summed E-state index contributed by atoms with van der Waals surface area (Å²) in [7, 11) is 0. The largest absolute Gasteiger partial charge is 0.488 e. The van der Waals surface area contributed by atoms with Gasteiger partial charge in [-0.05, 0) is 36.2 Å². The van der Waals surface area contributed by atoms with Crippen molar-refractivity contribution >= 4 is 23.7 Å². The minimum atomic E-state index is -0.334. The Hall–Kier alpha value is -3.93. The molecule has 0 saturated carbocycles. The van der Waals surface area contributed by atoms with Gasteiger partial charge < -0.3 is 10.1 Å². The lowest BCUT2D eigenvalue weighted by molar-refractivity contribution is -0.124. The van der Waals surface area contributed by atoms with Crippen molar-refractivity contribution < 1.29 is 14.3 Å². The van der Waals surface area contributed by atoms with E-state index in [9.17, 15) is 9.59 Å². The van der Waals surface area contributed by atoms with Crippen LogP contribution in [0.15, 0.2) is 84.0 Å². The molecular weight excluding hydrogens is 390 g/mol. The molecule has 158 valence electrons. The van der Waals surface area contributed by atoms with Gasteiger partial charge in [-0.15, -0.1) is 0 Å². The van der Waals surface area contributed by atoms with Gasteiger partial charge in [0.2, 0.25) is 11.8 Å². The van der Waals surface area contributed by atoms with Crippen LogP contribution < -0.4 is 15.5 Å². The molecule has 3 aromatic rings. The molecule has 0 atom stereocenters. The molecule has 0 aliphatic carbocycles. The minimum Gasteiger partial charge on any atom is -0.488 e. The summed E-state index contributed by atoms with van der Waals surface area (Å²) in [5, 5.41) is 6.81. The molecule has 0 aromatic heterocycles. The molecule has 0 aliphatic rings. The van der Waals surface area contributed by atoms with Crippen molar-refractivity contribution in [2.24, 2.45) is 5.10 Å². The Morgan fingerprint density at radius 3 is 2.35 bits per heavy atom. The third-order valence-corrected chi connectivity index (χ3v) is 4.55. The van der Waals surface area contributed by atoms with E-state index in [0.29, 0.717) is 12.4 Å². The summed E-state index contributed by atoms with van der Waals surface area (Å²) in [6.45, 7) is 2.35. The van der Waals surface area contributed by atoms with Gasteiger partial charge in [0.25, 0.3) is 0 Å². The molecule has 0 spiro atoms. The zero-order valence-electron chi connectivity index (χ0n) is 17.4. The van der Waals surface area contributed by atoms with Gasteiger partial charge in [0.1, 0.15) is 12.4 Å². The van der Waals surface area contributed by atoms with Gasteiger partial charge in [-0.25, -0.2) is 5.43 Å². The Labute approximate surface area is 182 Å². The van der Waals surface area contributed by atoms with E-state index in [1.807, 2.05) is 85.8 Å². The number of carbonyl (C=O) groups excluding carboxylic acids is 2. The summed E-state index contributed by atoms with van der Waals surface area (Å²) in [4.78, 5) is 24.1. The van der Waals surface area contributed by atoms with Gasteiger partial charge in [-0.3, -0.25) is 9.59 Å². The van der Waals surface area contributed by atoms with Gasteiger partial charge in [0, 0.05) is 24.1 Å². The number of aryl methyl sites for hydroxylation is 1. The lowest BCUT2D eigenvalue weighted by Crippen LogP contribution is -2.20. The summed E-state index contributed by atoms with van der Waals surface area (Å²) in [6.07, 6.45) is 1.65. The fourth-order valence-corrected chi connectivity index (χ4v) is 2.84. The topological polar surface area (TPSA) is 79.8 Å². The van der Waals surface area contributed by atoms with E-state index in [2.05, 4.69) is 15.8 Å². The smallest absolute Gasteiger partial charge is 0.240 e. The molecule has 0 saturated heterocycles. The van der Waals surface area contributed by atoms with Crippen molar-refractivity contribution in [2.45, 2.75) is 26.4 Å². The molecule has 0 heterocycles. The molecule has 0 fully saturated rings. The maximum Gasteiger partial charge on any atom is 0.240 e. The van der Waals surface area contributed by atoms with E-state index in [-0.39, 0.29) is 24.7 Å². The first kappa shape index (κ1) is 21.8. The van der Waals surface area contributed by atoms with Crippen LogP contribution in [-0.4, -0.2) is 18.0 Å². The van der Waals surface area contributed by atoms with Crippen LogP contribution in [0, 0.1) is 6.92 Å². The van der Waals surface area contributed by atoms with Gasteiger partial charge in [0.05, 0.1) is 6.21 Å². The van der Waals surface area contributed by atoms with Crippen LogP contribution in [-0.2, 0) is 16.2 Å². The Bertz CT molecular complexity index is 1050. The molecule has 6 nitrogen and oxygen atoms in total. The summed E-state index contributed by atoms with van der Waals surface area (Å²) < 4.78 is 5.87. The number of para-hydroxylation sites is 2. The van der Waals surface area contributed by atoms with E-state index in [1.54, 1.807) is 0 Å². The average Bonchev–Trinajstić information content (AvgIpc) is 2.79. The second-order valence-corrected chi connectivity index (χ2v) is 6.97.